The van der Waals surface area contributed by atoms with Gasteiger partial charge in [0.25, 0.3) is 0 Å². The number of carbonyl (C=O) groups excluding carboxylic acids is 2. The fourth-order valence-electron chi connectivity index (χ4n) is 7.44. The molecule has 3 atom stereocenters. The van der Waals surface area contributed by atoms with Crippen molar-refractivity contribution >= 4 is 19.7 Å². The summed E-state index contributed by atoms with van der Waals surface area (Å²) in [6, 6.07) is -0.881. The zero-order valence-electron chi connectivity index (χ0n) is 45.7. The molecule has 0 saturated carbocycles. The molecule has 3 unspecified atom stereocenters. The van der Waals surface area contributed by atoms with E-state index in [1.165, 1.54) is 70.6 Å². The molecule has 402 valence electrons. The fourth-order valence-corrected chi connectivity index (χ4v) is 8.17. The van der Waals surface area contributed by atoms with E-state index in [0.717, 1.165) is 109 Å². The number of nitrogens with one attached hydrogen (secondary N) is 1. The number of hydrogen-bond acceptors (Lipinski definition) is 6. The number of ether oxygens (including phenoxy) is 1. The first-order chi connectivity index (χ1) is 33.9. The Labute approximate surface area is 430 Å². The van der Waals surface area contributed by atoms with Crippen molar-refractivity contribution in [2.75, 3.05) is 40.9 Å². The quantitative estimate of drug-likeness (QED) is 0.0156. The lowest BCUT2D eigenvalue weighted by Crippen LogP contribution is -2.47. The van der Waals surface area contributed by atoms with Crippen LogP contribution < -0.4 is 5.32 Å². The molecule has 0 aromatic heterocycles. The highest BCUT2D eigenvalue weighted by Gasteiger charge is 2.30. The van der Waals surface area contributed by atoms with Crippen LogP contribution in [0.25, 0.3) is 0 Å². The number of carbonyl (C=O) groups is 2. The van der Waals surface area contributed by atoms with Crippen LogP contribution in [0.2, 0.25) is 0 Å². The average molecular weight is 998 g/mol. The third-order valence-electron chi connectivity index (χ3n) is 11.8. The van der Waals surface area contributed by atoms with Crippen molar-refractivity contribution in [1.82, 2.24) is 5.32 Å². The first-order valence-electron chi connectivity index (χ1n) is 28.1. The van der Waals surface area contributed by atoms with Crippen LogP contribution in [-0.2, 0) is 27.9 Å². The maximum absolute atomic E-state index is 13.5. The molecule has 0 aliphatic heterocycles. The summed E-state index contributed by atoms with van der Waals surface area (Å²) in [4.78, 5) is 37.5. The monoisotopic (exact) mass is 998 g/mol. The minimum absolute atomic E-state index is 0.0244. The highest BCUT2D eigenvalue weighted by atomic mass is 31.2. The van der Waals surface area contributed by atoms with E-state index in [0.29, 0.717) is 23.9 Å². The van der Waals surface area contributed by atoms with Crippen LogP contribution in [0.3, 0.4) is 0 Å². The number of hydrogen-bond donors (Lipinski definition) is 2. The van der Waals surface area contributed by atoms with Gasteiger partial charge in [-0.1, -0.05) is 208 Å². The number of phosphoric ester groups is 1. The Hall–Kier alpha value is -3.07. The second kappa shape index (κ2) is 49.5. The van der Waals surface area contributed by atoms with Crippen molar-refractivity contribution < 1.29 is 37.3 Å². The Kier molecular flexibility index (Phi) is 47.3. The van der Waals surface area contributed by atoms with Gasteiger partial charge in [0.2, 0.25) is 5.91 Å². The minimum Gasteiger partial charge on any atom is -0.456 e. The Bertz CT molecular complexity index is 1520. The molecule has 0 aliphatic rings. The predicted molar refractivity (Wildman–Crippen MR) is 300 cm³/mol. The molecule has 0 spiro atoms. The summed E-state index contributed by atoms with van der Waals surface area (Å²) < 4.78 is 30.5. The van der Waals surface area contributed by atoms with E-state index in [1.807, 2.05) is 33.3 Å². The van der Waals surface area contributed by atoms with E-state index < -0.39 is 20.0 Å². The van der Waals surface area contributed by atoms with Gasteiger partial charge in [-0.2, -0.15) is 0 Å². The zero-order valence-corrected chi connectivity index (χ0v) is 46.6. The summed E-state index contributed by atoms with van der Waals surface area (Å²) in [7, 11) is 1.44. The average Bonchev–Trinajstić information content (AvgIpc) is 3.32. The third-order valence-corrected chi connectivity index (χ3v) is 12.8. The standard InChI is InChI=1S/C60H105N2O7P/c1-7-10-13-16-19-22-25-28-30-31-33-35-38-41-44-47-50-53-60(64)69-58(51-48-45-42-39-36-27-24-21-18-15-12-9-3)57(56-68-70(65,66)67-55-54-62(4,5)6)61-59(63)52-49-46-43-40-37-34-32-29-26-23-20-17-14-11-8-2/h10,13,19-20,22-23,26,28-30,33,35,41,44,48,51,57-58H,7-9,11-12,14-18,21,24-25,27,31-32,34,36-40,42-43,45-47,49-50,52-56H2,1-6H3,(H-,61,63,65,66)/p+1/b13-10-,22-19-,23-20+,29-26+,30-28-,35-33-,44-41-,51-48+. The summed E-state index contributed by atoms with van der Waals surface area (Å²) in [5.74, 6) is -0.594. The number of rotatable bonds is 49. The normalized spacial score (nSPS) is 14.6. The Balaban J connectivity index is 5.50. The van der Waals surface area contributed by atoms with Gasteiger partial charge in [-0.15, -0.1) is 0 Å². The molecule has 0 aromatic rings. The molecule has 0 aliphatic carbocycles. The third kappa shape index (κ3) is 49.9. The van der Waals surface area contributed by atoms with E-state index in [2.05, 4.69) is 111 Å². The maximum atomic E-state index is 13.5. The lowest BCUT2D eigenvalue weighted by atomic mass is 10.0. The molecule has 0 saturated heterocycles. The SMILES string of the molecule is CC/C=C\C/C=C\C/C=C\C/C=C\C/C=C\CCCC(=O)OC(/C=C/CCCCCCCCCCCC)C(COP(=O)(O)OCC[N+](C)(C)C)NC(=O)CCCCCCCC/C=C/C=C/CCCCC. The predicted octanol–water partition coefficient (Wildman–Crippen LogP) is 16.8. The second-order valence-corrected chi connectivity index (χ2v) is 21.2. The first-order valence-corrected chi connectivity index (χ1v) is 29.6. The minimum atomic E-state index is -4.46. The van der Waals surface area contributed by atoms with Crippen molar-refractivity contribution in [2.45, 2.75) is 232 Å². The molecule has 0 heterocycles. The van der Waals surface area contributed by atoms with Crippen LogP contribution >= 0.6 is 7.82 Å². The highest BCUT2D eigenvalue weighted by molar-refractivity contribution is 7.47. The van der Waals surface area contributed by atoms with Crippen molar-refractivity contribution in [3.05, 3.63) is 97.2 Å². The highest BCUT2D eigenvalue weighted by Crippen LogP contribution is 2.43. The smallest absolute Gasteiger partial charge is 0.456 e. The van der Waals surface area contributed by atoms with E-state index in [4.69, 9.17) is 13.8 Å². The van der Waals surface area contributed by atoms with Gasteiger partial charge in [-0.3, -0.25) is 18.6 Å². The lowest BCUT2D eigenvalue weighted by molar-refractivity contribution is -0.870. The number of likely N-dealkylation sites (N-methyl/N-ethyl adjacent to an activating group) is 1. The van der Waals surface area contributed by atoms with Crippen LogP contribution in [0.5, 0.6) is 0 Å². The van der Waals surface area contributed by atoms with Crippen LogP contribution in [0.1, 0.15) is 220 Å². The summed E-state index contributed by atoms with van der Waals surface area (Å²) in [5.41, 5.74) is 0. The number of quaternary nitrogens is 1. The van der Waals surface area contributed by atoms with Gasteiger partial charge >= 0.3 is 13.8 Å². The first kappa shape index (κ1) is 66.9. The Morgan fingerprint density at radius 2 is 0.971 bits per heavy atom. The Morgan fingerprint density at radius 1 is 0.529 bits per heavy atom. The maximum Gasteiger partial charge on any atom is 0.472 e. The van der Waals surface area contributed by atoms with Gasteiger partial charge in [0.1, 0.15) is 19.3 Å². The number of nitrogens with zero attached hydrogens (tertiary/aromatic N) is 1. The van der Waals surface area contributed by atoms with Crippen molar-refractivity contribution in [1.29, 1.82) is 0 Å². The van der Waals surface area contributed by atoms with Gasteiger partial charge in [-0.25, -0.2) is 4.57 Å². The van der Waals surface area contributed by atoms with E-state index in [-0.39, 0.29) is 31.5 Å². The van der Waals surface area contributed by atoms with Gasteiger partial charge < -0.3 is 19.4 Å². The fraction of sp³-hybridized carbons (Fsp3) is 0.700. The molecule has 0 radical (unpaired) electrons. The number of allylic oxidation sites excluding steroid dienone is 15. The number of esters is 1. The summed E-state index contributed by atoms with van der Waals surface area (Å²) >= 11 is 0. The van der Waals surface area contributed by atoms with E-state index in [1.54, 1.807) is 0 Å². The Morgan fingerprint density at radius 3 is 1.50 bits per heavy atom. The summed E-state index contributed by atoms with van der Waals surface area (Å²) in [5, 5.41) is 3.02. The molecule has 9 nitrogen and oxygen atoms in total. The summed E-state index contributed by atoms with van der Waals surface area (Å²) in [6.45, 7) is 6.80. The van der Waals surface area contributed by atoms with Crippen LogP contribution in [0.15, 0.2) is 97.2 Å². The molecule has 1 amide bonds. The number of phosphoric acid groups is 1. The molecule has 0 fully saturated rings. The van der Waals surface area contributed by atoms with E-state index >= 15 is 0 Å². The van der Waals surface area contributed by atoms with Crippen molar-refractivity contribution in [3.63, 3.8) is 0 Å². The molecule has 0 bridgehead atoms. The zero-order chi connectivity index (χ0) is 51.5. The van der Waals surface area contributed by atoms with Crippen LogP contribution in [0.4, 0.5) is 0 Å². The van der Waals surface area contributed by atoms with Gasteiger partial charge in [0.15, 0.2) is 0 Å². The molecule has 10 heteroatoms. The lowest BCUT2D eigenvalue weighted by Gasteiger charge is -2.27. The van der Waals surface area contributed by atoms with E-state index in [9.17, 15) is 19.0 Å². The molecule has 0 aromatic carbocycles. The number of amides is 1. The largest absolute Gasteiger partial charge is 0.472 e. The second-order valence-electron chi connectivity index (χ2n) is 19.8. The molecule has 2 N–H and O–H groups in total. The van der Waals surface area contributed by atoms with Gasteiger partial charge in [-0.05, 0) is 96.0 Å². The molecular formula is C60H106N2O7P+. The van der Waals surface area contributed by atoms with Crippen LogP contribution in [-0.4, -0.2) is 74.3 Å². The molecule has 70 heavy (non-hydrogen) atoms. The van der Waals surface area contributed by atoms with Gasteiger partial charge in [0.05, 0.1) is 33.8 Å². The summed E-state index contributed by atoms with van der Waals surface area (Å²) in [6.07, 6.45) is 65.5. The molecule has 0 rings (SSSR count). The van der Waals surface area contributed by atoms with Crippen molar-refractivity contribution in [2.24, 2.45) is 0 Å². The van der Waals surface area contributed by atoms with Crippen molar-refractivity contribution in [3.8, 4) is 0 Å². The van der Waals surface area contributed by atoms with Crippen LogP contribution in [0, 0.1) is 0 Å². The van der Waals surface area contributed by atoms with Gasteiger partial charge in [0, 0.05) is 12.8 Å². The number of unbranched alkanes of at least 4 members (excludes halogenated alkanes) is 20. The molecular weight excluding hydrogens is 892 g/mol. The topological polar surface area (TPSA) is 111 Å².